The van der Waals surface area contributed by atoms with Crippen molar-refractivity contribution in [3.05, 3.63) is 45.8 Å². The number of H-pyrrole nitrogens is 1. The van der Waals surface area contributed by atoms with E-state index in [-0.39, 0.29) is 17.1 Å². The normalized spacial score (nSPS) is 14.5. The Morgan fingerprint density at radius 3 is 2.79 bits per heavy atom. The van der Waals surface area contributed by atoms with Gasteiger partial charge in [-0.1, -0.05) is 6.07 Å². The monoisotopic (exact) mass is 329 g/mol. The van der Waals surface area contributed by atoms with Gasteiger partial charge in [0, 0.05) is 24.5 Å². The molecule has 0 unspecified atom stereocenters. The predicted molar refractivity (Wildman–Crippen MR) is 90.4 cm³/mol. The molecule has 1 saturated heterocycles. The molecule has 0 atom stereocenters. The van der Waals surface area contributed by atoms with Crippen LogP contribution < -0.4 is 10.2 Å². The zero-order valence-corrected chi connectivity index (χ0v) is 13.4. The fourth-order valence-electron chi connectivity index (χ4n) is 2.93. The third-order valence-electron chi connectivity index (χ3n) is 4.14. The van der Waals surface area contributed by atoms with Crippen LogP contribution in [0.15, 0.2) is 24.3 Å². The molecule has 24 heavy (non-hydrogen) atoms. The van der Waals surface area contributed by atoms with Crippen molar-refractivity contribution < 1.29 is 9.72 Å². The third-order valence-corrected chi connectivity index (χ3v) is 4.14. The topological polar surface area (TPSA) is 104 Å². The smallest absolute Gasteiger partial charge is 0.322 e. The van der Waals surface area contributed by atoms with Gasteiger partial charge in [0.25, 0.3) is 5.91 Å². The molecule has 2 N–H and O–H groups in total. The minimum absolute atomic E-state index is 0.208. The highest BCUT2D eigenvalue weighted by Gasteiger charge is 2.27. The van der Waals surface area contributed by atoms with Crippen molar-refractivity contribution in [2.24, 2.45) is 0 Å². The minimum atomic E-state index is -0.599. The number of nitrogens with zero attached hydrogens (tertiary/aromatic N) is 3. The number of carbonyl (C=O) groups is 1. The number of aryl methyl sites for hydroxylation is 1. The Kier molecular flexibility index (Phi) is 4.45. The standard InChI is InChI=1S/C16H19N5O3/c1-11-15(21(23)24)14(19-18-11)16(22)17-12-6-5-7-13(10-12)20-8-3-2-4-9-20/h5-7,10H,2-4,8-9H2,1H3,(H,17,22)(H,18,19). The Morgan fingerprint density at radius 1 is 1.33 bits per heavy atom. The van der Waals surface area contributed by atoms with E-state index in [1.54, 1.807) is 6.07 Å². The fourth-order valence-corrected chi connectivity index (χ4v) is 2.93. The van der Waals surface area contributed by atoms with E-state index in [1.807, 2.05) is 18.2 Å². The van der Waals surface area contributed by atoms with Gasteiger partial charge < -0.3 is 10.2 Å². The Balaban J connectivity index is 1.79. The molecule has 1 fully saturated rings. The zero-order valence-electron chi connectivity index (χ0n) is 13.4. The molecule has 2 heterocycles. The van der Waals surface area contributed by atoms with Crippen LogP contribution in [0.25, 0.3) is 0 Å². The van der Waals surface area contributed by atoms with E-state index < -0.39 is 10.8 Å². The van der Waals surface area contributed by atoms with Crippen LogP contribution in [-0.4, -0.2) is 34.1 Å². The van der Waals surface area contributed by atoms with E-state index in [0.29, 0.717) is 5.69 Å². The van der Waals surface area contributed by atoms with E-state index >= 15 is 0 Å². The second-order valence-electron chi connectivity index (χ2n) is 5.86. The van der Waals surface area contributed by atoms with Gasteiger partial charge in [0.15, 0.2) is 0 Å². The van der Waals surface area contributed by atoms with Gasteiger partial charge in [-0.3, -0.25) is 20.0 Å². The van der Waals surface area contributed by atoms with Gasteiger partial charge in [0.2, 0.25) is 5.69 Å². The first kappa shape index (κ1) is 16.0. The summed E-state index contributed by atoms with van der Waals surface area (Å²) >= 11 is 0. The summed E-state index contributed by atoms with van der Waals surface area (Å²) in [6, 6.07) is 7.51. The number of anilines is 2. The average Bonchev–Trinajstić information content (AvgIpc) is 2.98. The van der Waals surface area contributed by atoms with E-state index in [1.165, 1.54) is 13.3 Å². The van der Waals surface area contributed by atoms with Crippen molar-refractivity contribution >= 4 is 23.0 Å². The number of nitrogens with one attached hydrogen (secondary N) is 2. The zero-order chi connectivity index (χ0) is 17.1. The van der Waals surface area contributed by atoms with Crippen LogP contribution in [0.4, 0.5) is 17.1 Å². The largest absolute Gasteiger partial charge is 0.371 e. The quantitative estimate of drug-likeness (QED) is 0.663. The van der Waals surface area contributed by atoms with Crippen molar-refractivity contribution in [1.82, 2.24) is 10.2 Å². The summed E-state index contributed by atoms with van der Waals surface area (Å²) in [6.07, 6.45) is 3.57. The number of piperidine rings is 1. The van der Waals surface area contributed by atoms with E-state index in [0.717, 1.165) is 31.6 Å². The molecule has 1 aliphatic heterocycles. The summed E-state index contributed by atoms with van der Waals surface area (Å²) in [5, 5.41) is 20.0. The number of benzene rings is 1. The first-order chi connectivity index (χ1) is 11.6. The Hall–Kier alpha value is -2.90. The summed E-state index contributed by atoms with van der Waals surface area (Å²) in [5.41, 5.74) is 1.39. The summed E-state index contributed by atoms with van der Waals surface area (Å²) < 4.78 is 0. The fraction of sp³-hybridized carbons (Fsp3) is 0.375. The number of rotatable bonds is 4. The molecule has 8 heteroatoms. The van der Waals surface area contributed by atoms with Gasteiger partial charge in [-0.05, 0) is 44.4 Å². The van der Waals surface area contributed by atoms with Crippen LogP contribution in [0.3, 0.4) is 0 Å². The van der Waals surface area contributed by atoms with Crippen molar-refractivity contribution in [3.8, 4) is 0 Å². The number of amides is 1. The lowest BCUT2D eigenvalue weighted by Crippen LogP contribution is -2.29. The van der Waals surface area contributed by atoms with Gasteiger partial charge in [-0.25, -0.2) is 0 Å². The lowest BCUT2D eigenvalue weighted by atomic mass is 10.1. The number of hydrogen-bond acceptors (Lipinski definition) is 5. The van der Waals surface area contributed by atoms with Crippen molar-refractivity contribution in [3.63, 3.8) is 0 Å². The minimum Gasteiger partial charge on any atom is -0.371 e. The average molecular weight is 329 g/mol. The molecule has 0 bridgehead atoms. The van der Waals surface area contributed by atoms with Crippen molar-refractivity contribution in [2.75, 3.05) is 23.3 Å². The Morgan fingerprint density at radius 2 is 2.08 bits per heavy atom. The molecule has 1 aromatic carbocycles. The molecule has 0 radical (unpaired) electrons. The first-order valence-electron chi connectivity index (χ1n) is 7.92. The molecule has 126 valence electrons. The predicted octanol–water partition coefficient (Wildman–Crippen LogP) is 2.87. The molecule has 0 aliphatic carbocycles. The highest BCUT2D eigenvalue weighted by atomic mass is 16.6. The lowest BCUT2D eigenvalue weighted by molar-refractivity contribution is -0.385. The van der Waals surface area contributed by atoms with Gasteiger partial charge in [-0.15, -0.1) is 0 Å². The molecule has 1 amide bonds. The number of carbonyl (C=O) groups excluding carboxylic acids is 1. The van der Waals surface area contributed by atoms with Crippen LogP contribution in [0.2, 0.25) is 0 Å². The van der Waals surface area contributed by atoms with E-state index in [9.17, 15) is 14.9 Å². The van der Waals surface area contributed by atoms with Crippen LogP contribution in [0, 0.1) is 17.0 Å². The van der Waals surface area contributed by atoms with Crippen molar-refractivity contribution in [2.45, 2.75) is 26.2 Å². The maximum absolute atomic E-state index is 12.3. The Bertz CT molecular complexity index is 765. The molecule has 3 rings (SSSR count). The number of nitro groups is 1. The molecule has 0 spiro atoms. The highest BCUT2D eigenvalue weighted by molar-refractivity contribution is 6.06. The van der Waals surface area contributed by atoms with Crippen LogP contribution in [-0.2, 0) is 0 Å². The molecule has 1 aliphatic rings. The molecular formula is C16H19N5O3. The number of aromatic amines is 1. The second kappa shape index (κ2) is 6.69. The molecule has 1 aromatic heterocycles. The number of hydrogen-bond donors (Lipinski definition) is 2. The first-order valence-corrected chi connectivity index (χ1v) is 7.92. The number of aromatic nitrogens is 2. The van der Waals surface area contributed by atoms with Crippen LogP contribution >= 0.6 is 0 Å². The summed E-state index contributed by atoms with van der Waals surface area (Å²) in [6.45, 7) is 3.52. The second-order valence-corrected chi connectivity index (χ2v) is 5.86. The lowest BCUT2D eigenvalue weighted by Gasteiger charge is -2.29. The highest BCUT2D eigenvalue weighted by Crippen LogP contribution is 2.25. The summed E-state index contributed by atoms with van der Waals surface area (Å²) in [4.78, 5) is 25.1. The van der Waals surface area contributed by atoms with Gasteiger partial charge in [0.1, 0.15) is 5.69 Å². The summed E-state index contributed by atoms with van der Waals surface area (Å²) in [7, 11) is 0. The van der Waals surface area contributed by atoms with Gasteiger partial charge in [0.05, 0.1) is 4.92 Å². The molecule has 0 saturated carbocycles. The molecular weight excluding hydrogens is 310 g/mol. The Labute approximate surface area is 139 Å². The van der Waals surface area contributed by atoms with E-state index in [4.69, 9.17) is 0 Å². The third kappa shape index (κ3) is 3.22. The molecule has 8 nitrogen and oxygen atoms in total. The summed E-state index contributed by atoms with van der Waals surface area (Å²) in [5.74, 6) is -0.596. The van der Waals surface area contributed by atoms with Gasteiger partial charge >= 0.3 is 5.69 Å². The van der Waals surface area contributed by atoms with Crippen LogP contribution in [0.1, 0.15) is 35.4 Å². The van der Waals surface area contributed by atoms with Crippen LogP contribution in [0.5, 0.6) is 0 Å². The SMILES string of the molecule is Cc1[nH]nc(C(=O)Nc2cccc(N3CCCCC3)c2)c1[N+](=O)[O-]. The molecule has 2 aromatic rings. The maximum Gasteiger partial charge on any atom is 0.322 e. The van der Waals surface area contributed by atoms with Crippen molar-refractivity contribution in [1.29, 1.82) is 0 Å². The van der Waals surface area contributed by atoms with Gasteiger partial charge in [-0.2, -0.15) is 5.10 Å². The van der Waals surface area contributed by atoms with E-state index in [2.05, 4.69) is 20.4 Å². The maximum atomic E-state index is 12.3.